The van der Waals surface area contributed by atoms with Crippen molar-refractivity contribution in [3.05, 3.63) is 12.7 Å². The lowest BCUT2D eigenvalue weighted by Gasteiger charge is -2.19. The van der Waals surface area contributed by atoms with Crippen molar-refractivity contribution in [3.8, 4) is 0 Å². The number of alkyl carbamates (subject to hydrolysis) is 1. The second-order valence-corrected chi connectivity index (χ2v) is 5.65. The molecule has 0 unspecified atom stereocenters. The van der Waals surface area contributed by atoms with E-state index >= 15 is 0 Å². The van der Waals surface area contributed by atoms with Crippen molar-refractivity contribution in [2.24, 2.45) is 0 Å². The van der Waals surface area contributed by atoms with Crippen LogP contribution >= 0.6 is 11.8 Å². The van der Waals surface area contributed by atoms with Gasteiger partial charge in [0.05, 0.1) is 0 Å². The third-order valence-electron chi connectivity index (χ3n) is 1.68. The van der Waals surface area contributed by atoms with Crippen molar-refractivity contribution in [2.75, 3.05) is 12.4 Å². The van der Waals surface area contributed by atoms with Gasteiger partial charge in [-0.3, -0.25) is 0 Å². The lowest BCUT2D eigenvalue weighted by Crippen LogP contribution is -2.43. The molecule has 0 aromatic rings. The Hall–Kier alpha value is -1.70. The van der Waals surface area contributed by atoms with Crippen LogP contribution in [0.5, 0.6) is 0 Å². The van der Waals surface area contributed by atoms with Crippen LogP contribution < -0.4 is 5.32 Å². The first-order valence-corrected chi connectivity index (χ1v) is 6.77. The van der Waals surface area contributed by atoms with Gasteiger partial charge in [-0.05, 0) is 32.5 Å². The molecule has 2 N–H and O–H groups in total. The van der Waals surface area contributed by atoms with E-state index in [0.29, 0.717) is 11.8 Å². The Morgan fingerprint density at radius 2 is 2.00 bits per heavy atom. The molecule has 0 heterocycles. The summed E-state index contributed by atoms with van der Waals surface area (Å²) in [4.78, 5) is 33.6. The largest absolute Gasteiger partial charge is 0.480 e. The van der Waals surface area contributed by atoms with Crippen molar-refractivity contribution in [1.82, 2.24) is 5.32 Å². The van der Waals surface area contributed by atoms with E-state index in [1.54, 1.807) is 20.8 Å². The molecule has 0 fully saturated rings. The molecule has 0 rings (SSSR count). The number of carboxylic acids is 1. The van der Waals surface area contributed by atoms with Gasteiger partial charge >= 0.3 is 17.4 Å². The number of thioether (sulfide) groups is 1. The zero-order valence-corrected chi connectivity index (χ0v) is 12.5. The number of aliphatic carboxylic acids is 1. The molecule has 0 saturated heterocycles. The maximum absolute atomic E-state index is 11.4. The SMILES string of the molecule is C=CCOC(=O)N[C@@H](CSC(=O)OC(C)(C)C)C(=O)O. The highest BCUT2D eigenvalue weighted by Crippen LogP contribution is 2.15. The Labute approximate surface area is 121 Å². The molecule has 114 valence electrons. The van der Waals surface area contributed by atoms with Gasteiger partial charge in [-0.25, -0.2) is 14.4 Å². The highest BCUT2D eigenvalue weighted by Gasteiger charge is 2.24. The summed E-state index contributed by atoms with van der Waals surface area (Å²) in [7, 11) is 0. The average Bonchev–Trinajstić information content (AvgIpc) is 2.29. The number of hydrogen-bond donors (Lipinski definition) is 2. The van der Waals surface area contributed by atoms with Crippen LogP contribution in [0.25, 0.3) is 0 Å². The summed E-state index contributed by atoms with van der Waals surface area (Å²) >= 11 is 0.673. The Balaban J connectivity index is 4.28. The number of nitrogens with one attached hydrogen (secondary N) is 1. The van der Waals surface area contributed by atoms with Crippen molar-refractivity contribution in [1.29, 1.82) is 0 Å². The molecular formula is C12H19NO6S. The monoisotopic (exact) mass is 305 g/mol. The first-order chi connectivity index (χ1) is 9.15. The Morgan fingerprint density at radius 3 is 2.45 bits per heavy atom. The second-order valence-electron chi connectivity index (χ2n) is 4.70. The second kappa shape index (κ2) is 8.47. The molecule has 7 nitrogen and oxygen atoms in total. The quantitative estimate of drug-likeness (QED) is 0.571. The standard InChI is InChI=1S/C12H19NO6S/c1-5-6-18-10(16)13-8(9(14)15)7-20-11(17)19-12(2,3)4/h5,8H,1,6-7H2,2-4H3,(H,13,16)(H,14,15)/t8-/m0/s1. The zero-order valence-electron chi connectivity index (χ0n) is 11.7. The molecule has 0 aliphatic rings. The van der Waals surface area contributed by atoms with Crippen LogP contribution in [-0.2, 0) is 14.3 Å². The number of amides is 1. The molecule has 1 amide bonds. The number of ether oxygens (including phenoxy) is 2. The molecule has 0 radical (unpaired) electrons. The van der Waals surface area contributed by atoms with Gasteiger partial charge in [-0.2, -0.15) is 0 Å². The van der Waals surface area contributed by atoms with Gasteiger partial charge in [0.1, 0.15) is 18.2 Å². The van der Waals surface area contributed by atoms with Crippen molar-refractivity contribution >= 4 is 29.1 Å². The molecule has 0 aliphatic carbocycles. The van der Waals surface area contributed by atoms with Crippen LogP contribution in [0.4, 0.5) is 9.59 Å². The molecule has 8 heteroatoms. The fraction of sp³-hybridized carbons (Fsp3) is 0.583. The number of hydrogen-bond acceptors (Lipinski definition) is 6. The van der Waals surface area contributed by atoms with Gasteiger partial charge in [0.2, 0.25) is 0 Å². The molecule has 0 bridgehead atoms. The molecule has 0 aliphatic heterocycles. The van der Waals surface area contributed by atoms with Gasteiger partial charge < -0.3 is 19.9 Å². The van der Waals surface area contributed by atoms with Crippen LogP contribution in [0, 0.1) is 0 Å². The summed E-state index contributed by atoms with van der Waals surface area (Å²) in [5.74, 6) is -1.43. The van der Waals surface area contributed by atoms with Crippen LogP contribution in [-0.4, -0.2) is 46.5 Å². The third-order valence-corrected chi connectivity index (χ3v) is 2.50. The Kier molecular flexibility index (Phi) is 7.75. The van der Waals surface area contributed by atoms with E-state index in [4.69, 9.17) is 9.84 Å². The first-order valence-electron chi connectivity index (χ1n) is 5.78. The number of carbonyl (C=O) groups excluding carboxylic acids is 2. The van der Waals surface area contributed by atoms with E-state index in [1.807, 2.05) is 0 Å². The number of carboxylic acid groups (broad SMARTS) is 1. The maximum atomic E-state index is 11.4. The fourth-order valence-electron chi connectivity index (χ4n) is 0.924. The highest BCUT2D eigenvalue weighted by molar-refractivity contribution is 8.13. The van der Waals surface area contributed by atoms with E-state index in [-0.39, 0.29) is 12.4 Å². The molecule has 0 saturated carbocycles. The first kappa shape index (κ1) is 18.3. The predicted octanol–water partition coefficient (Wildman–Crippen LogP) is 2.02. The molecule has 0 aromatic carbocycles. The molecule has 20 heavy (non-hydrogen) atoms. The van der Waals surface area contributed by atoms with Gasteiger partial charge in [-0.1, -0.05) is 12.7 Å². The van der Waals surface area contributed by atoms with E-state index < -0.39 is 29.0 Å². The number of carbonyl (C=O) groups is 3. The minimum absolute atomic E-state index is 0.0304. The minimum Gasteiger partial charge on any atom is -0.480 e. The van der Waals surface area contributed by atoms with Gasteiger partial charge in [0, 0.05) is 5.75 Å². The van der Waals surface area contributed by atoms with E-state index in [0.717, 1.165) is 0 Å². The summed E-state index contributed by atoms with van der Waals surface area (Å²) in [5, 5.41) is 10.5. The van der Waals surface area contributed by atoms with Crippen molar-refractivity contribution < 1.29 is 29.0 Å². The van der Waals surface area contributed by atoms with Gasteiger partial charge in [0.25, 0.3) is 0 Å². The predicted molar refractivity (Wildman–Crippen MR) is 74.8 cm³/mol. The van der Waals surface area contributed by atoms with Crippen LogP contribution in [0.1, 0.15) is 20.8 Å². The lowest BCUT2D eigenvalue weighted by molar-refractivity contribution is -0.138. The van der Waals surface area contributed by atoms with E-state index in [9.17, 15) is 14.4 Å². The van der Waals surface area contributed by atoms with Crippen LogP contribution in [0.3, 0.4) is 0 Å². The van der Waals surface area contributed by atoms with Crippen molar-refractivity contribution in [3.63, 3.8) is 0 Å². The highest BCUT2D eigenvalue weighted by atomic mass is 32.2. The Morgan fingerprint density at radius 1 is 1.40 bits per heavy atom. The Bertz CT molecular complexity index is 377. The molecule has 0 spiro atoms. The molecule has 1 atom stereocenters. The summed E-state index contributed by atoms with van der Waals surface area (Å²) < 4.78 is 9.61. The van der Waals surface area contributed by atoms with Crippen LogP contribution in [0.15, 0.2) is 12.7 Å². The molecular weight excluding hydrogens is 286 g/mol. The van der Waals surface area contributed by atoms with Gasteiger partial charge in [-0.15, -0.1) is 0 Å². The van der Waals surface area contributed by atoms with Gasteiger partial charge in [0.15, 0.2) is 0 Å². The topological polar surface area (TPSA) is 102 Å². The minimum atomic E-state index is -1.27. The van der Waals surface area contributed by atoms with Crippen molar-refractivity contribution in [2.45, 2.75) is 32.4 Å². The van der Waals surface area contributed by atoms with E-state index in [1.165, 1.54) is 6.08 Å². The summed E-state index contributed by atoms with van der Waals surface area (Å²) in [5.41, 5.74) is -0.654. The summed E-state index contributed by atoms with van der Waals surface area (Å²) in [6.45, 7) is 8.42. The fourth-order valence-corrected chi connectivity index (χ4v) is 1.76. The lowest BCUT2D eigenvalue weighted by atomic mass is 10.2. The maximum Gasteiger partial charge on any atom is 0.408 e. The van der Waals surface area contributed by atoms with Crippen LogP contribution in [0.2, 0.25) is 0 Å². The zero-order chi connectivity index (χ0) is 15.8. The van der Waals surface area contributed by atoms with E-state index in [2.05, 4.69) is 16.6 Å². The smallest absolute Gasteiger partial charge is 0.408 e. The molecule has 0 aromatic heterocycles. The average molecular weight is 305 g/mol. The third kappa shape index (κ3) is 9.26. The number of rotatable bonds is 6. The summed E-state index contributed by atoms with van der Waals surface area (Å²) in [6.07, 6.45) is 0.465. The summed E-state index contributed by atoms with van der Waals surface area (Å²) in [6, 6.07) is -1.25. The normalized spacial score (nSPS) is 12.2.